The SMILES string of the molecule is COC(=O)[C@H](C[C@@H]1CCNC1=O)NC(=O)[C@@H](CC(=O)c1cc2c(OC)cccc2[nH]1)[C@@H]1Cc2ccccc2O1. The molecule has 10 nitrogen and oxygen atoms in total. The molecule has 0 radical (unpaired) electrons. The summed E-state index contributed by atoms with van der Waals surface area (Å²) in [6.45, 7) is 0.520. The van der Waals surface area contributed by atoms with E-state index in [9.17, 15) is 19.2 Å². The van der Waals surface area contributed by atoms with Gasteiger partial charge in [0.1, 0.15) is 23.6 Å². The standard InChI is InChI=1S/C29H31N3O7/c1-37-25-9-5-7-20-18(25)14-21(31-20)23(33)15-19(26-13-16-6-3-4-8-24(16)39-26)28(35)32-22(29(36)38-2)12-17-10-11-30-27(17)34/h3-9,14,17,19,22,26,31H,10-13,15H2,1-2H3,(H,30,34)(H,32,35)/t17-,19-,22-,26-/m0/s1. The summed E-state index contributed by atoms with van der Waals surface area (Å²) in [6.07, 6.45) is 0.347. The number of methoxy groups -OCH3 is 2. The van der Waals surface area contributed by atoms with Crippen LogP contribution in [0.3, 0.4) is 0 Å². The van der Waals surface area contributed by atoms with E-state index in [-0.39, 0.29) is 24.5 Å². The molecule has 1 saturated heterocycles. The third kappa shape index (κ3) is 5.45. The highest BCUT2D eigenvalue weighted by molar-refractivity contribution is 6.02. The minimum atomic E-state index is -1.03. The van der Waals surface area contributed by atoms with Gasteiger partial charge in [0.05, 0.1) is 25.8 Å². The number of Topliss-reactive ketones (excluding diaryl/α,β-unsaturated/α-hetero) is 1. The van der Waals surface area contributed by atoms with E-state index in [0.29, 0.717) is 36.6 Å². The molecule has 0 saturated carbocycles. The van der Waals surface area contributed by atoms with Gasteiger partial charge in [-0.25, -0.2) is 4.79 Å². The average Bonchev–Trinajstić information content (AvgIpc) is 3.68. The van der Waals surface area contributed by atoms with Gasteiger partial charge in [0.2, 0.25) is 11.8 Å². The molecule has 10 heteroatoms. The van der Waals surface area contributed by atoms with Crippen molar-refractivity contribution >= 4 is 34.5 Å². The normalized spacial score (nSPS) is 19.5. The van der Waals surface area contributed by atoms with E-state index in [4.69, 9.17) is 14.2 Å². The summed E-state index contributed by atoms with van der Waals surface area (Å²) < 4.78 is 16.4. The van der Waals surface area contributed by atoms with E-state index >= 15 is 0 Å². The largest absolute Gasteiger partial charge is 0.496 e. The van der Waals surface area contributed by atoms with E-state index in [1.54, 1.807) is 13.2 Å². The molecule has 2 amide bonds. The Balaban J connectivity index is 1.39. The van der Waals surface area contributed by atoms with Gasteiger partial charge in [0.15, 0.2) is 5.78 Å². The Morgan fingerprint density at radius 1 is 1.13 bits per heavy atom. The Kier molecular flexibility index (Phi) is 7.53. The Labute approximate surface area is 225 Å². The van der Waals surface area contributed by atoms with Gasteiger partial charge >= 0.3 is 5.97 Å². The monoisotopic (exact) mass is 533 g/mol. The minimum absolute atomic E-state index is 0.110. The number of fused-ring (bicyclic) bond motifs is 2. The smallest absolute Gasteiger partial charge is 0.328 e. The molecule has 0 aliphatic carbocycles. The number of rotatable bonds is 10. The molecule has 39 heavy (non-hydrogen) atoms. The second-order valence-electron chi connectivity index (χ2n) is 9.90. The number of carbonyl (C=O) groups excluding carboxylic acids is 4. The van der Waals surface area contributed by atoms with Crippen LogP contribution in [0.1, 0.15) is 35.3 Å². The molecule has 4 atom stereocenters. The van der Waals surface area contributed by atoms with Crippen molar-refractivity contribution in [3.05, 3.63) is 59.8 Å². The third-order valence-corrected chi connectivity index (χ3v) is 7.49. The van der Waals surface area contributed by atoms with Gasteiger partial charge in [-0.1, -0.05) is 24.3 Å². The molecule has 2 aliphatic heterocycles. The topological polar surface area (TPSA) is 136 Å². The first-order chi connectivity index (χ1) is 18.9. The molecule has 1 fully saturated rings. The number of hydrogen-bond acceptors (Lipinski definition) is 7. The average molecular weight is 534 g/mol. The maximum absolute atomic E-state index is 13.7. The van der Waals surface area contributed by atoms with Crippen molar-refractivity contribution in [2.75, 3.05) is 20.8 Å². The molecule has 5 rings (SSSR count). The van der Waals surface area contributed by atoms with Crippen LogP contribution in [-0.4, -0.2) is 61.5 Å². The molecular weight excluding hydrogens is 502 g/mol. The van der Waals surface area contributed by atoms with Crippen LogP contribution in [-0.2, 0) is 25.5 Å². The number of aromatic amines is 1. The number of ether oxygens (including phenoxy) is 3. The molecule has 2 aliphatic rings. The van der Waals surface area contributed by atoms with E-state index < -0.39 is 35.9 Å². The Hall–Kier alpha value is -4.34. The lowest BCUT2D eigenvalue weighted by atomic mass is 9.90. The number of hydrogen-bond donors (Lipinski definition) is 3. The summed E-state index contributed by atoms with van der Waals surface area (Å²) in [4.78, 5) is 55.1. The highest BCUT2D eigenvalue weighted by Crippen LogP contribution is 2.34. The van der Waals surface area contributed by atoms with Gasteiger partial charge < -0.3 is 29.8 Å². The van der Waals surface area contributed by atoms with Crippen LogP contribution in [0.25, 0.3) is 10.9 Å². The summed E-state index contributed by atoms with van der Waals surface area (Å²) in [7, 11) is 2.80. The van der Waals surface area contributed by atoms with E-state index in [2.05, 4.69) is 15.6 Å². The molecule has 3 aromatic rings. The molecule has 1 aromatic heterocycles. The number of nitrogens with one attached hydrogen (secondary N) is 3. The lowest BCUT2D eigenvalue weighted by Gasteiger charge is -2.25. The summed E-state index contributed by atoms with van der Waals surface area (Å²) in [5.41, 5.74) is 2.02. The zero-order valence-electron chi connectivity index (χ0n) is 21.8. The van der Waals surface area contributed by atoms with Crippen molar-refractivity contribution in [1.29, 1.82) is 0 Å². The highest BCUT2D eigenvalue weighted by atomic mass is 16.5. The van der Waals surface area contributed by atoms with Crippen LogP contribution < -0.4 is 20.1 Å². The van der Waals surface area contributed by atoms with Crippen molar-refractivity contribution in [2.45, 2.75) is 37.8 Å². The van der Waals surface area contributed by atoms with Crippen LogP contribution in [0.15, 0.2) is 48.5 Å². The third-order valence-electron chi connectivity index (χ3n) is 7.49. The van der Waals surface area contributed by atoms with Crippen LogP contribution in [0, 0.1) is 11.8 Å². The molecule has 0 bridgehead atoms. The minimum Gasteiger partial charge on any atom is -0.496 e. The second kappa shape index (κ2) is 11.2. The molecular formula is C29H31N3O7. The van der Waals surface area contributed by atoms with Crippen molar-refractivity contribution in [3.8, 4) is 11.5 Å². The summed E-state index contributed by atoms with van der Waals surface area (Å²) >= 11 is 0. The predicted octanol–water partition coefficient (Wildman–Crippen LogP) is 2.55. The maximum Gasteiger partial charge on any atom is 0.328 e. The lowest BCUT2D eigenvalue weighted by Crippen LogP contribution is -2.49. The van der Waals surface area contributed by atoms with Gasteiger partial charge in [-0.15, -0.1) is 0 Å². The molecule has 2 aromatic carbocycles. The number of amides is 2. The quantitative estimate of drug-likeness (QED) is 0.269. The molecule has 3 N–H and O–H groups in total. The fourth-order valence-electron chi connectivity index (χ4n) is 5.38. The summed E-state index contributed by atoms with van der Waals surface area (Å²) in [6, 6.07) is 13.6. The van der Waals surface area contributed by atoms with E-state index in [1.165, 1.54) is 7.11 Å². The van der Waals surface area contributed by atoms with Crippen LogP contribution in [0.5, 0.6) is 11.5 Å². The molecule has 204 valence electrons. The van der Waals surface area contributed by atoms with E-state index in [0.717, 1.165) is 16.5 Å². The molecule has 0 unspecified atom stereocenters. The molecule has 3 heterocycles. The van der Waals surface area contributed by atoms with Crippen molar-refractivity contribution in [1.82, 2.24) is 15.6 Å². The highest BCUT2D eigenvalue weighted by Gasteiger charge is 2.39. The van der Waals surface area contributed by atoms with Crippen molar-refractivity contribution < 1.29 is 33.4 Å². The van der Waals surface area contributed by atoms with Gasteiger partial charge in [-0.2, -0.15) is 0 Å². The lowest BCUT2D eigenvalue weighted by molar-refractivity contribution is -0.146. The van der Waals surface area contributed by atoms with Crippen molar-refractivity contribution in [2.24, 2.45) is 11.8 Å². The zero-order valence-corrected chi connectivity index (χ0v) is 21.8. The second-order valence-corrected chi connectivity index (χ2v) is 9.90. The number of para-hydroxylation sites is 1. The first-order valence-corrected chi connectivity index (χ1v) is 13.0. The number of benzene rings is 2. The van der Waals surface area contributed by atoms with E-state index in [1.807, 2.05) is 42.5 Å². The van der Waals surface area contributed by atoms with Gasteiger partial charge in [0, 0.05) is 36.2 Å². The van der Waals surface area contributed by atoms with Gasteiger partial charge in [0.25, 0.3) is 0 Å². The van der Waals surface area contributed by atoms with Crippen LogP contribution >= 0.6 is 0 Å². The van der Waals surface area contributed by atoms with Gasteiger partial charge in [-0.3, -0.25) is 14.4 Å². The number of H-pyrrole nitrogens is 1. The number of carbonyl (C=O) groups is 4. The molecule has 0 spiro atoms. The summed E-state index contributed by atoms with van der Waals surface area (Å²) in [5, 5.41) is 6.27. The number of esters is 1. The zero-order chi connectivity index (χ0) is 27.5. The Bertz CT molecular complexity index is 1390. The van der Waals surface area contributed by atoms with Crippen LogP contribution in [0.2, 0.25) is 0 Å². The number of aromatic nitrogens is 1. The summed E-state index contributed by atoms with van der Waals surface area (Å²) in [5.74, 6) is -1.62. The fraction of sp³-hybridized carbons (Fsp3) is 0.379. The fourth-order valence-corrected chi connectivity index (χ4v) is 5.38. The van der Waals surface area contributed by atoms with Gasteiger partial charge in [-0.05, 0) is 42.7 Å². The first kappa shape index (κ1) is 26.3. The first-order valence-electron chi connectivity index (χ1n) is 13.0. The Morgan fingerprint density at radius 2 is 1.95 bits per heavy atom. The van der Waals surface area contributed by atoms with Crippen molar-refractivity contribution in [3.63, 3.8) is 0 Å². The maximum atomic E-state index is 13.7. The van der Waals surface area contributed by atoms with Crippen LogP contribution in [0.4, 0.5) is 0 Å². The number of ketones is 1. The Morgan fingerprint density at radius 3 is 2.67 bits per heavy atom. The predicted molar refractivity (Wildman–Crippen MR) is 142 cm³/mol.